The molecule has 2 fully saturated rings. The van der Waals surface area contributed by atoms with Gasteiger partial charge in [0.1, 0.15) is 6.26 Å². The van der Waals surface area contributed by atoms with E-state index in [-0.39, 0.29) is 29.4 Å². The van der Waals surface area contributed by atoms with Crippen LogP contribution in [0, 0.1) is 0 Å². The third-order valence-corrected chi connectivity index (χ3v) is 5.49. The molecular weight excluding hydrogens is 386 g/mol. The largest absolute Gasteiger partial charge is 0.451 e. The average Bonchev–Trinajstić information content (AvgIpc) is 3.39. The van der Waals surface area contributed by atoms with Crippen molar-refractivity contribution in [3.8, 4) is 0 Å². The van der Waals surface area contributed by atoms with Crippen molar-refractivity contribution >= 4 is 17.5 Å². The Bertz CT molecular complexity index is 861. The average molecular weight is 408 g/mol. The summed E-state index contributed by atoms with van der Waals surface area (Å²) in [4.78, 5) is 29.8. The lowest BCUT2D eigenvalue weighted by Crippen LogP contribution is -2.53. The monoisotopic (exact) mass is 408 g/mol. The summed E-state index contributed by atoms with van der Waals surface area (Å²) in [6.07, 6.45) is 3.89. The maximum absolute atomic E-state index is 13.4. The van der Waals surface area contributed by atoms with Gasteiger partial charge in [0.15, 0.2) is 17.8 Å². The molecule has 2 N–H and O–H groups in total. The van der Waals surface area contributed by atoms with E-state index in [0.717, 1.165) is 44.9 Å². The first kappa shape index (κ1) is 19.5. The summed E-state index contributed by atoms with van der Waals surface area (Å²) >= 11 is 0. The van der Waals surface area contributed by atoms with E-state index in [0.29, 0.717) is 13.1 Å². The van der Waals surface area contributed by atoms with Gasteiger partial charge in [-0.3, -0.25) is 14.3 Å². The zero-order valence-corrected chi connectivity index (χ0v) is 15.7. The van der Waals surface area contributed by atoms with E-state index in [1.54, 1.807) is 0 Å². The van der Waals surface area contributed by atoms with Crippen LogP contribution in [0.4, 0.5) is 14.5 Å². The Kier molecular flexibility index (Phi) is 5.56. The first-order valence-corrected chi connectivity index (χ1v) is 9.60. The van der Waals surface area contributed by atoms with Crippen LogP contribution >= 0.6 is 0 Å². The molecule has 1 saturated heterocycles. The second kappa shape index (κ2) is 8.27. The highest BCUT2D eigenvalue weighted by molar-refractivity contribution is 6.02. The molecule has 3 heterocycles. The molecular formula is C18H22F2N6O3. The molecule has 0 aromatic carbocycles. The molecule has 1 saturated carbocycles. The fraction of sp³-hybridized carbons (Fsp3) is 0.556. The fourth-order valence-electron chi connectivity index (χ4n) is 4.00. The highest BCUT2D eigenvalue weighted by Gasteiger charge is 2.32. The van der Waals surface area contributed by atoms with Gasteiger partial charge in [-0.15, -0.1) is 0 Å². The summed E-state index contributed by atoms with van der Waals surface area (Å²) in [6, 6.07) is 0.122. The Morgan fingerprint density at radius 1 is 1.28 bits per heavy atom. The second-order valence-corrected chi connectivity index (χ2v) is 7.26. The minimum atomic E-state index is -2.82. The first-order chi connectivity index (χ1) is 14.0. The van der Waals surface area contributed by atoms with Crippen LogP contribution in [0.1, 0.15) is 54.3 Å². The van der Waals surface area contributed by atoms with Crippen molar-refractivity contribution < 1.29 is 22.8 Å². The molecule has 0 unspecified atom stereocenters. The normalized spacial score (nSPS) is 22.9. The summed E-state index contributed by atoms with van der Waals surface area (Å²) in [5, 5.41) is 9.54. The molecule has 1 aliphatic heterocycles. The van der Waals surface area contributed by atoms with Gasteiger partial charge in [0, 0.05) is 25.3 Å². The molecule has 2 aliphatic rings. The fourth-order valence-corrected chi connectivity index (χ4v) is 4.00. The quantitative estimate of drug-likeness (QED) is 0.784. The van der Waals surface area contributed by atoms with Crippen molar-refractivity contribution in [2.24, 2.45) is 0 Å². The number of nitrogens with zero attached hydrogens (tertiary/aromatic N) is 4. The third-order valence-electron chi connectivity index (χ3n) is 5.49. The van der Waals surface area contributed by atoms with E-state index in [2.05, 4.69) is 20.7 Å². The van der Waals surface area contributed by atoms with Crippen LogP contribution < -0.4 is 10.6 Å². The predicted octanol–water partition coefficient (Wildman–Crippen LogP) is 1.98. The lowest BCUT2D eigenvalue weighted by molar-refractivity contribution is -0.135. The zero-order valence-electron chi connectivity index (χ0n) is 15.7. The number of carbonyl (C=O) groups excluding carboxylic acids is 2. The van der Waals surface area contributed by atoms with E-state index in [4.69, 9.17) is 4.42 Å². The zero-order chi connectivity index (χ0) is 20.4. The van der Waals surface area contributed by atoms with E-state index in [1.807, 2.05) is 4.90 Å². The number of piperazine rings is 1. The van der Waals surface area contributed by atoms with Gasteiger partial charge < -0.3 is 20.0 Å². The van der Waals surface area contributed by atoms with Crippen molar-refractivity contribution in [3.05, 3.63) is 30.2 Å². The summed E-state index contributed by atoms with van der Waals surface area (Å²) in [5.74, 6) is -0.530. The standard InChI is InChI=1S/C18H22F2N6O3/c19-17(20)16-13(23-18(28)14-9-29-10-22-14)8-26(24-16)12-3-1-11(2-4-12)25-6-5-21-7-15(25)27/h8-12,17,21H,1-7H2,(H,23,28). The van der Waals surface area contributed by atoms with E-state index in [1.165, 1.54) is 10.9 Å². The molecule has 9 nitrogen and oxygen atoms in total. The molecule has 29 heavy (non-hydrogen) atoms. The Balaban J connectivity index is 1.44. The van der Waals surface area contributed by atoms with Crippen LogP contribution in [0.5, 0.6) is 0 Å². The number of carbonyl (C=O) groups is 2. The number of nitrogens with one attached hydrogen (secondary N) is 2. The number of hydrogen-bond acceptors (Lipinski definition) is 6. The summed E-state index contributed by atoms with van der Waals surface area (Å²) in [7, 11) is 0. The molecule has 2 aromatic heterocycles. The third kappa shape index (κ3) is 4.14. The van der Waals surface area contributed by atoms with Gasteiger partial charge >= 0.3 is 0 Å². The molecule has 11 heteroatoms. The summed E-state index contributed by atoms with van der Waals surface area (Å²) in [6.45, 7) is 1.85. The van der Waals surface area contributed by atoms with Crippen molar-refractivity contribution in [1.82, 2.24) is 25.0 Å². The summed E-state index contributed by atoms with van der Waals surface area (Å²) in [5.41, 5.74) is -0.507. The van der Waals surface area contributed by atoms with E-state index >= 15 is 0 Å². The van der Waals surface area contributed by atoms with Crippen molar-refractivity contribution in [2.75, 3.05) is 25.0 Å². The predicted molar refractivity (Wildman–Crippen MR) is 97.5 cm³/mol. The topological polar surface area (TPSA) is 105 Å². The molecule has 4 rings (SSSR count). The molecule has 1 aliphatic carbocycles. The molecule has 2 aromatic rings. The molecule has 0 atom stereocenters. The van der Waals surface area contributed by atoms with Crippen molar-refractivity contribution in [3.63, 3.8) is 0 Å². The van der Waals surface area contributed by atoms with Crippen molar-refractivity contribution in [1.29, 1.82) is 0 Å². The SMILES string of the molecule is O=C(Nc1cn(C2CCC(N3CCNCC3=O)CC2)nc1C(F)F)c1cocn1. The van der Waals surface area contributed by atoms with Gasteiger partial charge in [0.2, 0.25) is 5.91 Å². The van der Waals surface area contributed by atoms with Crippen LogP contribution in [-0.4, -0.2) is 57.2 Å². The van der Waals surface area contributed by atoms with Gasteiger partial charge in [-0.25, -0.2) is 13.8 Å². The smallest absolute Gasteiger partial charge is 0.284 e. The maximum Gasteiger partial charge on any atom is 0.284 e. The first-order valence-electron chi connectivity index (χ1n) is 9.60. The summed E-state index contributed by atoms with van der Waals surface area (Å²) < 4.78 is 33.1. The van der Waals surface area contributed by atoms with Gasteiger partial charge in [0.05, 0.1) is 18.3 Å². The number of alkyl halides is 2. The van der Waals surface area contributed by atoms with E-state index < -0.39 is 18.0 Å². The van der Waals surface area contributed by atoms with Gasteiger partial charge in [0.25, 0.3) is 12.3 Å². The number of aromatic nitrogens is 3. The Labute approximate surface area is 165 Å². The molecule has 156 valence electrons. The Morgan fingerprint density at radius 2 is 2.03 bits per heavy atom. The highest BCUT2D eigenvalue weighted by atomic mass is 19.3. The lowest BCUT2D eigenvalue weighted by atomic mass is 9.90. The van der Waals surface area contributed by atoms with Crippen LogP contribution in [0.25, 0.3) is 0 Å². The van der Waals surface area contributed by atoms with Crippen LogP contribution in [0.3, 0.4) is 0 Å². The molecule has 2 amide bonds. The van der Waals surface area contributed by atoms with Crippen molar-refractivity contribution in [2.45, 2.75) is 44.2 Å². The number of halogens is 2. The minimum Gasteiger partial charge on any atom is -0.451 e. The Hall–Kier alpha value is -2.82. The van der Waals surface area contributed by atoms with E-state index in [9.17, 15) is 18.4 Å². The van der Waals surface area contributed by atoms with Crippen LogP contribution in [0.2, 0.25) is 0 Å². The second-order valence-electron chi connectivity index (χ2n) is 7.26. The number of rotatable bonds is 5. The van der Waals surface area contributed by atoms with Crippen LogP contribution in [-0.2, 0) is 4.79 Å². The highest BCUT2D eigenvalue weighted by Crippen LogP contribution is 2.34. The maximum atomic E-state index is 13.4. The van der Waals surface area contributed by atoms with Gasteiger partial charge in [-0.05, 0) is 25.7 Å². The molecule has 0 radical (unpaired) electrons. The lowest BCUT2D eigenvalue weighted by Gasteiger charge is -2.39. The van der Waals surface area contributed by atoms with Gasteiger partial charge in [-0.1, -0.05) is 0 Å². The molecule has 0 bridgehead atoms. The number of hydrogen-bond donors (Lipinski definition) is 2. The number of amides is 2. The Morgan fingerprint density at radius 3 is 2.69 bits per heavy atom. The minimum absolute atomic E-state index is 0.000775. The van der Waals surface area contributed by atoms with Crippen LogP contribution in [0.15, 0.2) is 23.3 Å². The number of oxazole rings is 1. The van der Waals surface area contributed by atoms with Gasteiger partial charge in [-0.2, -0.15) is 5.10 Å². The number of anilines is 1. The molecule has 0 spiro atoms.